The van der Waals surface area contributed by atoms with Crippen molar-refractivity contribution in [3.8, 4) is 0 Å². The smallest absolute Gasteiger partial charge is 0.164 e. The summed E-state index contributed by atoms with van der Waals surface area (Å²) in [5.74, 6) is 1.88. The number of carbonyl (C=O) groups is 1. The van der Waals surface area contributed by atoms with Crippen LogP contribution in [0.1, 0.15) is 40.5 Å². The van der Waals surface area contributed by atoms with Gasteiger partial charge in [-0.05, 0) is 19.3 Å². The fourth-order valence-corrected chi connectivity index (χ4v) is 1.62. The van der Waals surface area contributed by atoms with Crippen LogP contribution in [0.4, 0.5) is 0 Å². The molecule has 1 aliphatic carbocycles. The van der Waals surface area contributed by atoms with Crippen molar-refractivity contribution in [3.05, 3.63) is 11.3 Å². The zero-order chi connectivity index (χ0) is 10.7. The largest absolute Gasteiger partial charge is 0.497 e. The van der Waals surface area contributed by atoms with Crippen molar-refractivity contribution in [1.29, 1.82) is 0 Å². The van der Waals surface area contributed by atoms with Crippen molar-refractivity contribution < 1.29 is 9.53 Å². The van der Waals surface area contributed by atoms with Crippen molar-refractivity contribution in [3.63, 3.8) is 0 Å². The summed E-state index contributed by atoms with van der Waals surface area (Å²) < 4.78 is 5.63. The molecule has 0 fully saturated rings. The zero-order valence-corrected chi connectivity index (χ0v) is 9.59. The molecule has 0 aliphatic heterocycles. The SMILES string of the molecule is CC1=C(OCC(C)C)CCC(C)C1=O. The third-order valence-corrected chi connectivity index (χ3v) is 2.63. The zero-order valence-electron chi connectivity index (χ0n) is 9.59. The maximum absolute atomic E-state index is 11.6. The Morgan fingerprint density at radius 1 is 1.50 bits per heavy atom. The lowest BCUT2D eigenvalue weighted by atomic mass is 9.88. The molecule has 2 heteroatoms. The van der Waals surface area contributed by atoms with Crippen molar-refractivity contribution in [2.75, 3.05) is 6.61 Å². The average Bonchev–Trinajstić information content (AvgIpc) is 2.13. The molecule has 1 atom stereocenters. The van der Waals surface area contributed by atoms with Crippen molar-refractivity contribution in [2.24, 2.45) is 11.8 Å². The molecular weight excluding hydrogens is 176 g/mol. The fraction of sp³-hybridized carbons (Fsp3) is 0.750. The van der Waals surface area contributed by atoms with Crippen LogP contribution in [0.25, 0.3) is 0 Å². The Hall–Kier alpha value is -0.790. The second kappa shape index (κ2) is 4.63. The van der Waals surface area contributed by atoms with Crippen LogP contribution >= 0.6 is 0 Å². The number of ether oxygens (including phenoxy) is 1. The van der Waals surface area contributed by atoms with Crippen LogP contribution in [-0.4, -0.2) is 12.4 Å². The van der Waals surface area contributed by atoms with Crippen LogP contribution in [0.3, 0.4) is 0 Å². The second-order valence-corrected chi connectivity index (χ2v) is 4.56. The van der Waals surface area contributed by atoms with E-state index in [4.69, 9.17) is 4.74 Å². The first kappa shape index (κ1) is 11.3. The Labute approximate surface area is 86.3 Å². The number of hydrogen-bond acceptors (Lipinski definition) is 2. The van der Waals surface area contributed by atoms with Crippen LogP contribution < -0.4 is 0 Å². The number of carbonyl (C=O) groups excluding carboxylic acids is 1. The summed E-state index contributed by atoms with van der Waals surface area (Å²) in [6.45, 7) is 8.82. The molecule has 14 heavy (non-hydrogen) atoms. The van der Waals surface area contributed by atoms with Crippen LogP contribution in [0, 0.1) is 11.8 Å². The highest BCUT2D eigenvalue weighted by atomic mass is 16.5. The van der Waals surface area contributed by atoms with E-state index in [1.54, 1.807) is 0 Å². The van der Waals surface area contributed by atoms with Gasteiger partial charge in [0.2, 0.25) is 0 Å². The van der Waals surface area contributed by atoms with Gasteiger partial charge in [0.15, 0.2) is 5.78 Å². The first-order chi connectivity index (χ1) is 6.52. The molecular formula is C12H20O2. The predicted molar refractivity (Wildman–Crippen MR) is 56.9 cm³/mol. The minimum Gasteiger partial charge on any atom is -0.497 e. The minimum absolute atomic E-state index is 0.182. The Balaban J connectivity index is 2.63. The first-order valence-electron chi connectivity index (χ1n) is 5.39. The molecule has 0 N–H and O–H groups in total. The second-order valence-electron chi connectivity index (χ2n) is 4.56. The molecule has 0 heterocycles. The lowest BCUT2D eigenvalue weighted by molar-refractivity contribution is -0.119. The van der Waals surface area contributed by atoms with E-state index in [-0.39, 0.29) is 11.7 Å². The molecule has 0 aromatic carbocycles. The van der Waals surface area contributed by atoms with Crippen LogP contribution in [-0.2, 0) is 9.53 Å². The molecule has 2 nitrogen and oxygen atoms in total. The Morgan fingerprint density at radius 2 is 2.14 bits per heavy atom. The van der Waals surface area contributed by atoms with E-state index in [1.165, 1.54) is 0 Å². The standard InChI is InChI=1S/C12H20O2/c1-8(2)7-14-11-6-5-9(3)12(13)10(11)4/h8-9H,5-7H2,1-4H3. The van der Waals surface area contributed by atoms with Crippen LogP contribution in [0.2, 0.25) is 0 Å². The summed E-state index contributed by atoms with van der Waals surface area (Å²) in [6.07, 6.45) is 1.86. The van der Waals surface area contributed by atoms with Crippen LogP contribution in [0.15, 0.2) is 11.3 Å². The Kier molecular flexibility index (Phi) is 3.73. The molecule has 0 radical (unpaired) electrons. The molecule has 1 unspecified atom stereocenters. The first-order valence-corrected chi connectivity index (χ1v) is 5.39. The summed E-state index contributed by atoms with van der Waals surface area (Å²) in [5.41, 5.74) is 0.837. The van der Waals surface area contributed by atoms with Gasteiger partial charge in [0.05, 0.1) is 6.61 Å². The van der Waals surface area contributed by atoms with E-state index in [0.29, 0.717) is 12.5 Å². The number of Topliss-reactive ketones (excluding diaryl/α,β-unsaturated/α-hetero) is 1. The van der Waals surface area contributed by atoms with Gasteiger partial charge in [-0.25, -0.2) is 0 Å². The molecule has 0 amide bonds. The third-order valence-electron chi connectivity index (χ3n) is 2.63. The fourth-order valence-electron chi connectivity index (χ4n) is 1.62. The molecule has 0 aromatic heterocycles. The molecule has 1 aliphatic rings. The number of hydrogen-bond donors (Lipinski definition) is 0. The number of ketones is 1. The van der Waals surface area contributed by atoms with Gasteiger partial charge in [-0.15, -0.1) is 0 Å². The summed E-state index contributed by atoms with van der Waals surface area (Å²) in [5, 5.41) is 0. The average molecular weight is 196 g/mol. The van der Waals surface area contributed by atoms with Gasteiger partial charge in [0.25, 0.3) is 0 Å². The predicted octanol–water partition coefficient (Wildman–Crippen LogP) is 2.93. The molecule has 0 saturated carbocycles. The van der Waals surface area contributed by atoms with Crippen LogP contribution in [0.5, 0.6) is 0 Å². The lowest BCUT2D eigenvalue weighted by Crippen LogP contribution is -2.20. The maximum atomic E-state index is 11.6. The highest BCUT2D eigenvalue weighted by Gasteiger charge is 2.24. The highest BCUT2D eigenvalue weighted by molar-refractivity contribution is 5.97. The Bertz CT molecular complexity index is 251. The van der Waals surface area contributed by atoms with E-state index in [1.807, 2.05) is 13.8 Å². The van der Waals surface area contributed by atoms with Crippen molar-refractivity contribution in [2.45, 2.75) is 40.5 Å². The molecule has 0 spiro atoms. The van der Waals surface area contributed by atoms with E-state index < -0.39 is 0 Å². The van der Waals surface area contributed by atoms with Crippen molar-refractivity contribution in [1.82, 2.24) is 0 Å². The van der Waals surface area contributed by atoms with Gasteiger partial charge in [-0.1, -0.05) is 20.8 Å². The summed E-state index contributed by atoms with van der Waals surface area (Å²) in [4.78, 5) is 11.6. The topological polar surface area (TPSA) is 26.3 Å². The minimum atomic E-state index is 0.182. The van der Waals surface area contributed by atoms with Crippen molar-refractivity contribution >= 4 is 5.78 Å². The van der Waals surface area contributed by atoms with Gasteiger partial charge in [0, 0.05) is 17.9 Å². The Morgan fingerprint density at radius 3 is 2.71 bits per heavy atom. The van der Waals surface area contributed by atoms with Gasteiger partial charge in [-0.2, -0.15) is 0 Å². The highest BCUT2D eigenvalue weighted by Crippen LogP contribution is 2.26. The maximum Gasteiger partial charge on any atom is 0.164 e. The molecule has 80 valence electrons. The molecule has 1 rings (SSSR count). The van der Waals surface area contributed by atoms with E-state index in [9.17, 15) is 4.79 Å². The number of allylic oxidation sites excluding steroid dienone is 2. The van der Waals surface area contributed by atoms with E-state index >= 15 is 0 Å². The van der Waals surface area contributed by atoms with Gasteiger partial charge in [0.1, 0.15) is 5.76 Å². The van der Waals surface area contributed by atoms with Gasteiger partial charge >= 0.3 is 0 Å². The lowest BCUT2D eigenvalue weighted by Gasteiger charge is -2.22. The van der Waals surface area contributed by atoms with Gasteiger partial charge < -0.3 is 4.74 Å². The van der Waals surface area contributed by atoms with E-state index in [2.05, 4.69) is 13.8 Å². The third kappa shape index (κ3) is 2.60. The molecule has 0 aromatic rings. The monoisotopic (exact) mass is 196 g/mol. The van der Waals surface area contributed by atoms with Gasteiger partial charge in [-0.3, -0.25) is 4.79 Å². The molecule has 0 bridgehead atoms. The summed E-state index contributed by atoms with van der Waals surface area (Å²) in [7, 11) is 0. The summed E-state index contributed by atoms with van der Waals surface area (Å²) in [6, 6.07) is 0. The normalized spacial score (nSPS) is 23.2. The number of rotatable bonds is 3. The quantitative estimate of drug-likeness (QED) is 0.693. The summed E-state index contributed by atoms with van der Waals surface area (Å²) >= 11 is 0. The van der Waals surface area contributed by atoms with E-state index in [0.717, 1.165) is 24.2 Å². The molecule has 0 saturated heterocycles.